The molecule has 0 spiro atoms. The molecular formula is C20H22N4O4. The number of nitrogens with one attached hydrogen (secondary N) is 3. The summed E-state index contributed by atoms with van der Waals surface area (Å²) >= 11 is 0. The minimum atomic E-state index is -0.492. The van der Waals surface area contributed by atoms with Gasteiger partial charge in [-0.25, -0.2) is 4.98 Å². The normalized spacial score (nSPS) is 13.1. The number of aromatic hydroxyl groups is 1. The topological polar surface area (TPSA) is 124 Å². The fourth-order valence-corrected chi connectivity index (χ4v) is 2.78. The Bertz CT molecular complexity index is 1240. The lowest BCUT2D eigenvalue weighted by Crippen LogP contribution is -2.46. The maximum atomic E-state index is 12.5. The summed E-state index contributed by atoms with van der Waals surface area (Å²) in [5, 5.41) is 10.2. The average Bonchev–Trinajstić information content (AvgIpc) is 3.09. The van der Waals surface area contributed by atoms with Crippen molar-refractivity contribution in [2.75, 3.05) is 7.11 Å². The van der Waals surface area contributed by atoms with Crippen LogP contribution in [0.1, 0.15) is 37.7 Å². The van der Waals surface area contributed by atoms with Gasteiger partial charge in [-0.2, -0.15) is 0 Å². The molecule has 0 radical (unpaired) electrons. The van der Waals surface area contributed by atoms with Crippen molar-refractivity contribution in [3.05, 3.63) is 72.9 Å². The van der Waals surface area contributed by atoms with Gasteiger partial charge in [0.2, 0.25) is 0 Å². The second kappa shape index (κ2) is 7.22. The first-order valence-electron chi connectivity index (χ1n) is 8.66. The number of nitrogens with zero attached hydrogens (tertiary/aromatic N) is 1. The highest BCUT2D eigenvalue weighted by atomic mass is 16.5. The van der Waals surface area contributed by atoms with E-state index in [1.54, 1.807) is 18.5 Å². The number of aromatic nitrogens is 4. The average molecular weight is 382 g/mol. The van der Waals surface area contributed by atoms with Gasteiger partial charge in [-0.1, -0.05) is 20.8 Å². The Balaban J connectivity index is 2.12. The molecule has 2 aromatic heterocycles. The van der Waals surface area contributed by atoms with Gasteiger partial charge in [-0.05, 0) is 24.3 Å². The molecular weight excluding hydrogens is 360 g/mol. The summed E-state index contributed by atoms with van der Waals surface area (Å²) < 4.78 is 5.03. The number of rotatable bonds is 3. The number of methoxy groups -OCH3 is 1. The largest absolute Gasteiger partial charge is 0.507 e. The molecule has 0 amide bonds. The van der Waals surface area contributed by atoms with Crippen LogP contribution in [-0.2, 0) is 5.41 Å². The van der Waals surface area contributed by atoms with Crippen LogP contribution in [0.5, 0.6) is 11.5 Å². The predicted octanol–water partition coefficient (Wildman–Crippen LogP) is 0.456. The number of benzene rings is 1. The number of hydrogen-bond donors (Lipinski definition) is 4. The fraction of sp³-hybridized carbons (Fsp3) is 0.250. The van der Waals surface area contributed by atoms with Crippen LogP contribution < -0.4 is 26.6 Å². The van der Waals surface area contributed by atoms with Gasteiger partial charge in [0.1, 0.15) is 22.2 Å². The van der Waals surface area contributed by atoms with E-state index in [0.29, 0.717) is 17.0 Å². The number of imidazole rings is 1. The lowest BCUT2D eigenvalue weighted by Gasteiger charge is -2.16. The molecule has 0 aliphatic rings. The molecule has 0 unspecified atom stereocenters. The second-order valence-electron chi connectivity index (χ2n) is 7.36. The Morgan fingerprint density at radius 2 is 1.71 bits per heavy atom. The van der Waals surface area contributed by atoms with E-state index in [4.69, 9.17) is 4.74 Å². The molecule has 3 aromatic rings. The van der Waals surface area contributed by atoms with Crippen molar-refractivity contribution in [2.45, 2.75) is 26.2 Å². The van der Waals surface area contributed by atoms with Crippen LogP contribution in [0.4, 0.5) is 0 Å². The van der Waals surface area contributed by atoms with E-state index in [-0.39, 0.29) is 21.9 Å². The van der Waals surface area contributed by atoms with Crippen LogP contribution in [-0.4, -0.2) is 32.2 Å². The van der Waals surface area contributed by atoms with Crippen LogP contribution in [0.2, 0.25) is 0 Å². The minimum absolute atomic E-state index is 0.0284. The predicted molar refractivity (Wildman–Crippen MR) is 106 cm³/mol. The van der Waals surface area contributed by atoms with Crippen molar-refractivity contribution in [3.63, 3.8) is 0 Å². The van der Waals surface area contributed by atoms with Gasteiger partial charge in [-0.15, -0.1) is 0 Å². The van der Waals surface area contributed by atoms with Crippen molar-refractivity contribution in [1.29, 1.82) is 0 Å². The summed E-state index contributed by atoms with van der Waals surface area (Å²) in [4.78, 5) is 37.3. The monoisotopic (exact) mass is 382 g/mol. The van der Waals surface area contributed by atoms with Crippen LogP contribution >= 0.6 is 0 Å². The maximum absolute atomic E-state index is 12.5. The molecule has 0 atom stereocenters. The van der Waals surface area contributed by atoms with Gasteiger partial charge in [-0.3, -0.25) is 9.59 Å². The molecule has 3 rings (SSSR count). The molecule has 0 aliphatic carbocycles. The molecule has 28 heavy (non-hydrogen) atoms. The summed E-state index contributed by atoms with van der Waals surface area (Å²) in [6.45, 7) is 6.05. The SMILES string of the molecule is COc1ccc(/C=c2\[nH]c(=O)/c(=C/c3nc[nH]c3C(C)(C)C)[nH]c2=O)c(O)c1. The van der Waals surface area contributed by atoms with Crippen LogP contribution in [0, 0.1) is 0 Å². The highest BCUT2D eigenvalue weighted by Crippen LogP contribution is 2.24. The molecule has 2 heterocycles. The third kappa shape index (κ3) is 3.90. The summed E-state index contributed by atoms with van der Waals surface area (Å²) in [5.74, 6) is 0.414. The first-order valence-corrected chi connectivity index (χ1v) is 8.66. The molecule has 0 aliphatic heterocycles. The number of phenols is 1. The van der Waals surface area contributed by atoms with E-state index in [1.807, 2.05) is 20.8 Å². The van der Waals surface area contributed by atoms with Gasteiger partial charge in [0.15, 0.2) is 0 Å². The zero-order valence-corrected chi connectivity index (χ0v) is 16.1. The molecule has 0 saturated carbocycles. The van der Waals surface area contributed by atoms with Crippen molar-refractivity contribution in [3.8, 4) is 11.5 Å². The highest BCUT2D eigenvalue weighted by molar-refractivity contribution is 5.57. The number of hydrogen-bond acceptors (Lipinski definition) is 5. The first kappa shape index (κ1) is 19.2. The van der Waals surface area contributed by atoms with Crippen molar-refractivity contribution < 1.29 is 9.84 Å². The molecule has 8 heteroatoms. The van der Waals surface area contributed by atoms with Gasteiger partial charge in [0.05, 0.1) is 19.1 Å². The third-order valence-corrected chi connectivity index (χ3v) is 4.22. The van der Waals surface area contributed by atoms with E-state index in [1.165, 1.54) is 25.3 Å². The molecule has 0 bridgehead atoms. The van der Waals surface area contributed by atoms with Gasteiger partial charge in [0, 0.05) is 22.7 Å². The quantitative estimate of drug-likeness (QED) is 0.524. The smallest absolute Gasteiger partial charge is 0.272 e. The van der Waals surface area contributed by atoms with E-state index in [9.17, 15) is 14.7 Å². The van der Waals surface area contributed by atoms with Crippen molar-refractivity contribution in [1.82, 2.24) is 19.9 Å². The van der Waals surface area contributed by atoms with Gasteiger partial charge < -0.3 is 24.8 Å². The molecule has 146 valence electrons. The number of H-pyrrole nitrogens is 3. The van der Waals surface area contributed by atoms with Crippen molar-refractivity contribution in [2.24, 2.45) is 0 Å². The molecule has 0 saturated heterocycles. The Hall–Kier alpha value is -3.55. The van der Waals surface area contributed by atoms with Gasteiger partial charge in [0.25, 0.3) is 11.1 Å². The Labute approximate surface area is 160 Å². The minimum Gasteiger partial charge on any atom is -0.507 e. The Kier molecular flexibility index (Phi) is 4.96. The van der Waals surface area contributed by atoms with Gasteiger partial charge >= 0.3 is 0 Å². The third-order valence-electron chi connectivity index (χ3n) is 4.22. The zero-order chi connectivity index (χ0) is 20.5. The lowest BCUT2D eigenvalue weighted by molar-refractivity contribution is 0.407. The maximum Gasteiger partial charge on any atom is 0.272 e. The van der Waals surface area contributed by atoms with Crippen molar-refractivity contribution >= 4 is 12.2 Å². The summed E-state index contributed by atoms with van der Waals surface area (Å²) in [6, 6.07) is 4.66. The lowest BCUT2D eigenvalue weighted by atomic mass is 9.90. The molecule has 1 aromatic carbocycles. The number of ether oxygens (including phenoxy) is 1. The van der Waals surface area contributed by atoms with E-state index >= 15 is 0 Å². The number of phenolic OH excluding ortho intramolecular Hbond substituents is 1. The Morgan fingerprint density at radius 1 is 1.07 bits per heavy atom. The standard InChI is InChI=1S/C20H22N4O4/c1-20(2,3)17-13(21-10-22-17)9-15-19(27)23-14(18(26)24-15)7-11-5-6-12(28-4)8-16(11)25/h5-10,25H,1-4H3,(H,21,22)(H,23,27)(H,24,26)/b14-7-,15-9-. The zero-order valence-electron chi connectivity index (χ0n) is 16.1. The van der Waals surface area contributed by atoms with E-state index < -0.39 is 11.1 Å². The second-order valence-corrected chi connectivity index (χ2v) is 7.36. The van der Waals surface area contributed by atoms with E-state index in [2.05, 4.69) is 19.9 Å². The summed E-state index contributed by atoms with van der Waals surface area (Å²) in [6.07, 6.45) is 4.48. The van der Waals surface area contributed by atoms with Crippen LogP contribution in [0.25, 0.3) is 12.2 Å². The fourth-order valence-electron chi connectivity index (χ4n) is 2.78. The summed E-state index contributed by atoms with van der Waals surface area (Å²) in [7, 11) is 1.49. The molecule has 0 fully saturated rings. The first-order chi connectivity index (χ1) is 13.2. The molecule has 4 N–H and O–H groups in total. The summed E-state index contributed by atoms with van der Waals surface area (Å²) in [5.41, 5.74) is 0.649. The van der Waals surface area contributed by atoms with Crippen LogP contribution in [0.3, 0.4) is 0 Å². The molecule has 8 nitrogen and oxygen atoms in total. The highest BCUT2D eigenvalue weighted by Gasteiger charge is 2.19. The number of aromatic amines is 3. The van der Waals surface area contributed by atoms with Crippen LogP contribution in [0.15, 0.2) is 34.1 Å². The Morgan fingerprint density at radius 3 is 2.29 bits per heavy atom. The van der Waals surface area contributed by atoms with E-state index in [0.717, 1.165) is 5.69 Å².